The highest BCUT2D eigenvalue weighted by atomic mass is 16.4. The van der Waals surface area contributed by atoms with Gasteiger partial charge in [-0.3, -0.25) is 20.7 Å². The zero-order chi connectivity index (χ0) is 17.2. The van der Waals surface area contributed by atoms with Crippen molar-refractivity contribution in [1.82, 2.24) is 5.32 Å². The molecule has 0 radical (unpaired) electrons. The number of hydrogen-bond donors (Lipinski definition) is 4. The molecule has 6 N–H and O–H groups in total. The molecule has 0 unspecified atom stereocenters. The number of aliphatic carboxylic acids is 1. The number of amides is 1. The second-order valence-electron chi connectivity index (χ2n) is 5.03. The van der Waals surface area contributed by atoms with Crippen LogP contribution >= 0.6 is 0 Å². The number of nitrogens with one attached hydrogen (secondary N) is 1. The lowest BCUT2D eigenvalue weighted by molar-refractivity contribution is -0.137. The lowest BCUT2D eigenvalue weighted by Gasteiger charge is -2.11. The van der Waals surface area contributed by atoms with Gasteiger partial charge in [0.2, 0.25) is 5.91 Å². The molecule has 1 rings (SSSR count). The van der Waals surface area contributed by atoms with Crippen LogP contribution in [-0.4, -0.2) is 28.9 Å². The van der Waals surface area contributed by atoms with Gasteiger partial charge in [0.1, 0.15) is 0 Å². The molecule has 122 valence electrons. The lowest BCUT2D eigenvalue weighted by atomic mass is 10.1. The molecule has 1 amide bonds. The molecule has 0 saturated carbocycles. The van der Waals surface area contributed by atoms with Gasteiger partial charge in [-0.25, -0.2) is 0 Å². The van der Waals surface area contributed by atoms with E-state index in [1.54, 1.807) is 0 Å². The Morgan fingerprint density at radius 3 is 2.52 bits per heavy atom. The van der Waals surface area contributed by atoms with Crippen LogP contribution in [-0.2, 0) is 9.59 Å². The second-order valence-corrected chi connectivity index (χ2v) is 5.03. The Kier molecular flexibility index (Phi) is 7.26. The summed E-state index contributed by atoms with van der Waals surface area (Å²) in [7, 11) is 0. The predicted molar refractivity (Wildman–Crippen MR) is 89.3 cm³/mol. The van der Waals surface area contributed by atoms with Gasteiger partial charge >= 0.3 is 5.97 Å². The molecule has 0 aliphatic rings. The van der Waals surface area contributed by atoms with Crippen molar-refractivity contribution in [2.75, 3.05) is 0 Å². The fourth-order valence-electron chi connectivity index (χ4n) is 1.88. The molecule has 0 heterocycles. The zero-order valence-corrected chi connectivity index (χ0v) is 12.9. The van der Waals surface area contributed by atoms with E-state index in [1.807, 2.05) is 36.4 Å². The third kappa shape index (κ3) is 7.08. The van der Waals surface area contributed by atoms with E-state index in [2.05, 4.69) is 11.9 Å². The third-order valence-electron chi connectivity index (χ3n) is 3.12. The summed E-state index contributed by atoms with van der Waals surface area (Å²) in [5.41, 5.74) is 7.24. The molecule has 6 nitrogen and oxygen atoms in total. The first-order valence-electron chi connectivity index (χ1n) is 7.21. The average molecular weight is 316 g/mol. The van der Waals surface area contributed by atoms with Gasteiger partial charge in [-0.15, -0.1) is 6.58 Å². The minimum Gasteiger partial charge on any atom is -0.481 e. The first-order valence-corrected chi connectivity index (χ1v) is 7.21. The monoisotopic (exact) mass is 316 g/mol. The van der Waals surface area contributed by atoms with E-state index in [0.29, 0.717) is 6.42 Å². The molecule has 23 heavy (non-hydrogen) atoms. The molecule has 0 spiro atoms. The number of carboxylic acids is 1. The van der Waals surface area contributed by atoms with Crippen molar-refractivity contribution in [2.45, 2.75) is 25.3 Å². The molecule has 1 aromatic carbocycles. The summed E-state index contributed by atoms with van der Waals surface area (Å²) < 4.78 is 0. The highest BCUT2D eigenvalue weighted by Gasteiger charge is 2.11. The van der Waals surface area contributed by atoms with Crippen molar-refractivity contribution in [3.8, 4) is 0 Å². The van der Waals surface area contributed by atoms with Crippen molar-refractivity contribution in [3.63, 3.8) is 0 Å². The normalized spacial score (nSPS) is 11.8. The highest BCUT2D eigenvalue weighted by molar-refractivity contribution is 5.92. The van der Waals surface area contributed by atoms with Crippen LogP contribution < -0.4 is 16.5 Å². The van der Waals surface area contributed by atoms with Gasteiger partial charge in [0.15, 0.2) is 0 Å². The number of allylic oxidation sites excluding steroid dienone is 1. The Labute approximate surface area is 135 Å². The van der Waals surface area contributed by atoms with Crippen molar-refractivity contribution in [2.24, 2.45) is 5.73 Å². The van der Waals surface area contributed by atoms with Gasteiger partial charge in [0, 0.05) is 6.42 Å². The van der Waals surface area contributed by atoms with E-state index >= 15 is 0 Å². The van der Waals surface area contributed by atoms with E-state index in [4.69, 9.17) is 16.2 Å². The molecular weight excluding hydrogens is 294 g/mol. The number of amidine groups is 1. The largest absolute Gasteiger partial charge is 0.481 e. The van der Waals surface area contributed by atoms with E-state index in [-0.39, 0.29) is 24.6 Å². The van der Waals surface area contributed by atoms with Crippen molar-refractivity contribution in [3.05, 3.63) is 54.1 Å². The number of benzene rings is 1. The number of carbonyl (C=O) groups excluding carboxylic acids is 1. The summed E-state index contributed by atoms with van der Waals surface area (Å²) in [6, 6.07) is 6.86. The van der Waals surface area contributed by atoms with Gasteiger partial charge in [-0.05, 0) is 24.1 Å². The van der Waals surface area contributed by atoms with E-state index in [9.17, 15) is 9.59 Å². The van der Waals surface area contributed by atoms with Crippen LogP contribution in [0.3, 0.4) is 0 Å². The Hall–Kier alpha value is -2.89. The first-order chi connectivity index (χ1) is 10.9. The number of nitrogens with two attached hydrogens (primary N) is 2. The third-order valence-corrected chi connectivity index (χ3v) is 3.12. The maximum absolute atomic E-state index is 11.7. The van der Waals surface area contributed by atoms with Crippen molar-refractivity contribution < 1.29 is 20.1 Å². The van der Waals surface area contributed by atoms with E-state index < -0.39 is 12.0 Å². The molecule has 0 saturated heterocycles. The zero-order valence-electron chi connectivity index (χ0n) is 12.9. The minimum atomic E-state index is -0.978. The Balaban J connectivity index is 2.40. The standard InChI is InChI=1S/C17H21N3O3/c1-2-14(11-16(22)23)20-15(21)6-4-3-5-12-7-9-13(10-8-12)17(18)19/h2-3,5,7-10,14H,1,4,6,11H2,(H3,18,19)(H,20,21)(H,22,23)/p+1/b5-3+/t14-/m1/s1. The second kappa shape index (κ2) is 9.19. The van der Waals surface area contributed by atoms with E-state index in [0.717, 1.165) is 11.1 Å². The van der Waals surface area contributed by atoms with Crippen LogP contribution in [0.5, 0.6) is 0 Å². The smallest absolute Gasteiger partial charge is 0.305 e. The van der Waals surface area contributed by atoms with Crippen LogP contribution in [0.25, 0.3) is 6.08 Å². The predicted octanol–water partition coefficient (Wildman–Crippen LogP) is 0.0899. The van der Waals surface area contributed by atoms with Crippen LogP contribution in [0.1, 0.15) is 30.4 Å². The first kappa shape index (κ1) is 18.2. The lowest BCUT2D eigenvalue weighted by Crippen LogP contribution is -2.46. The summed E-state index contributed by atoms with van der Waals surface area (Å²) in [5.74, 6) is -0.911. The quantitative estimate of drug-likeness (QED) is 0.293. The number of carbonyl (C=O) groups is 2. The summed E-state index contributed by atoms with van der Waals surface area (Å²) in [6.07, 6.45) is 5.86. The SMILES string of the molecule is C=C[C@H](CC(=O)O)NC(=O)CC/C=C/c1ccc(C(N)=[NH2+])cc1. The molecule has 1 atom stereocenters. The molecule has 0 aliphatic heterocycles. The van der Waals surface area contributed by atoms with Crippen LogP contribution in [0, 0.1) is 0 Å². The maximum atomic E-state index is 11.7. The number of rotatable bonds is 9. The molecular formula is C17H22N3O3+. The van der Waals surface area contributed by atoms with Crippen LogP contribution in [0.4, 0.5) is 0 Å². The molecule has 1 aromatic rings. The summed E-state index contributed by atoms with van der Waals surface area (Å²) in [4.78, 5) is 22.3. The molecule has 0 aliphatic carbocycles. The summed E-state index contributed by atoms with van der Waals surface area (Å²) in [6.45, 7) is 3.51. The minimum absolute atomic E-state index is 0.168. The fourth-order valence-corrected chi connectivity index (χ4v) is 1.88. The molecule has 6 heteroatoms. The van der Waals surface area contributed by atoms with E-state index in [1.165, 1.54) is 6.08 Å². The molecule has 0 aromatic heterocycles. The topological polar surface area (TPSA) is 118 Å². The number of hydrogen-bond acceptors (Lipinski definition) is 2. The Morgan fingerprint density at radius 2 is 2.00 bits per heavy atom. The van der Waals surface area contributed by atoms with Crippen molar-refractivity contribution in [1.29, 1.82) is 0 Å². The maximum Gasteiger partial charge on any atom is 0.305 e. The highest BCUT2D eigenvalue weighted by Crippen LogP contribution is 2.06. The van der Waals surface area contributed by atoms with Crippen molar-refractivity contribution >= 4 is 23.8 Å². The molecule has 0 fully saturated rings. The van der Waals surface area contributed by atoms with Crippen LogP contribution in [0.15, 0.2) is 43.0 Å². The van der Waals surface area contributed by atoms with Gasteiger partial charge in [-0.1, -0.05) is 30.4 Å². The summed E-state index contributed by atoms with van der Waals surface area (Å²) >= 11 is 0. The Morgan fingerprint density at radius 1 is 1.35 bits per heavy atom. The van der Waals surface area contributed by atoms with Crippen LogP contribution in [0.2, 0.25) is 0 Å². The number of carboxylic acid groups (broad SMARTS) is 1. The molecule has 0 bridgehead atoms. The van der Waals surface area contributed by atoms with Gasteiger partial charge in [-0.2, -0.15) is 0 Å². The fraction of sp³-hybridized carbons (Fsp3) is 0.235. The average Bonchev–Trinajstić information content (AvgIpc) is 2.50. The summed E-state index contributed by atoms with van der Waals surface area (Å²) in [5, 5.41) is 16.8. The van der Waals surface area contributed by atoms with Gasteiger partial charge in [0.25, 0.3) is 5.84 Å². The van der Waals surface area contributed by atoms with Gasteiger partial charge in [0.05, 0.1) is 18.0 Å². The Bertz CT molecular complexity index is 606. The van der Waals surface area contributed by atoms with Gasteiger partial charge < -0.3 is 10.4 Å².